The first-order valence-corrected chi connectivity index (χ1v) is 0. The summed E-state index contributed by atoms with van der Waals surface area (Å²) in [5.74, 6) is 0. The van der Waals surface area contributed by atoms with Crippen LogP contribution >= 0.6 is 0 Å². The van der Waals surface area contributed by atoms with Gasteiger partial charge < -0.3 is 0 Å². The van der Waals surface area contributed by atoms with Crippen LogP contribution in [0.25, 0.3) is 0 Å². The third-order valence-electron chi connectivity index (χ3n) is 0. The Hall–Kier alpha value is 7.69. The minimum atomic E-state index is 0. The standard InChI is InChI=1S/4GeH4.5Y/h4*1H4;;;;;. The molecule has 0 rings (SSSR count). The van der Waals surface area contributed by atoms with Gasteiger partial charge in [0.1, 0.15) is 0 Å². The Morgan fingerprint density at radius 3 is 0.222 bits per heavy atom. The smallest absolute Gasteiger partial charge is 0 e. The van der Waals surface area contributed by atoms with Crippen LogP contribution in [0, 0.1) is 0 Å². The molecular formula is H16Ge4Y5. The van der Waals surface area contributed by atoms with Crippen molar-refractivity contribution in [3.8, 4) is 0 Å². The monoisotopic (exact) mass is 756 g/mol. The van der Waals surface area contributed by atoms with E-state index in [1.807, 2.05) is 0 Å². The second-order valence-electron chi connectivity index (χ2n) is 0. The Morgan fingerprint density at radius 1 is 0.222 bits per heavy atom. The van der Waals surface area contributed by atoms with E-state index in [0.717, 1.165) is 0 Å². The van der Waals surface area contributed by atoms with Crippen molar-refractivity contribution in [2.75, 3.05) is 0 Å². The van der Waals surface area contributed by atoms with Crippen LogP contribution in [0.3, 0.4) is 0 Å². The van der Waals surface area contributed by atoms with Gasteiger partial charge in [-0.15, -0.1) is 0 Å². The van der Waals surface area contributed by atoms with Gasteiger partial charge in [0.05, 0.1) is 0 Å². The zero-order valence-electron chi connectivity index (χ0n) is 2.89. The third kappa shape index (κ3) is 49.7. The minimum Gasteiger partial charge on any atom is 0 e. The summed E-state index contributed by atoms with van der Waals surface area (Å²) >= 11 is 0. The fourth-order valence-corrected chi connectivity index (χ4v) is 0. The molecule has 9 heteroatoms. The molecule has 0 aromatic heterocycles. The van der Waals surface area contributed by atoms with E-state index in [9.17, 15) is 0 Å². The van der Waals surface area contributed by atoms with E-state index in [1.165, 1.54) is 0 Å². The van der Waals surface area contributed by atoms with Crippen molar-refractivity contribution in [3.05, 3.63) is 0 Å². The molecule has 0 aliphatic carbocycles. The molecule has 0 spiro atoms. The Kier molecular flexibility index (Phi) is 442. The molecule has 0 fully saturated rings. The van der Waals surface area contributed by atoms with Gasteiger partial charge in [0.25, 0.3) is 0 Å². The molecule has 0 aliphatic rings. The molecule has 0 aromatic rings. The van der Waals surface area contributed by atoms with Gasteiger partial charge in [-0.2, -0.15) is 0 Å². The van der Waals surface area contributed by atoms with Crippen LogP contribution < -0.4 is 0 Å². The van der Waals surface area contributed by atoms with Crippen molar-refractivity contribution >= 4 is 70.4 Å². The Balaban J connectivity index is 0. The molecule has 47 valence electrons. The summed E-state index contributed by atoms with van der Waals surface area (Å²) < 4.78 is 0. The van der Waals surface area contributed by atoms with E-state index in [4.69, 9.17) is 0 Å². The van der Waals surface area contributed by atoms with Crippen molar-refractivity contribution in [1.29, 1.82) is 0 Å². The van der Waals surface area contributed by atoms with Gasteiger partial charge in [-0.25, -0.2) is 0 Å². The zero-order chi connectivity index (χ0) is 0. The van der Waals surface area contributed by atoms with Crippen LogP contribution in [0.2, 0.25) is 0 Å². The number of hydrogen-bond donors (Lipinski definition) is 0. The van der Waals surface area contributed by atoms with Gasteiger partial charge >= 0.3 is 70.4 Å². The second-order valence-corrected chi connectivity index (χ2v) is 0. The minimum absolute atomic E-state index is 0. The summed E-state index contributed by atoms with van der Waals surface area (Å²) in [6.07, 6.45) is 0. The maximum atomic E-state index is 0. The molecule has 5 radical (unpaired) electrons. The van der Waals surface area contributed by atoms with E-state index in [1.54, 1.807) is 0 Å². The molecule has 0 saturated carbocycles. The summed E-state index contributed by atoms with van der Waals surface area (Å²) in [7, 11) is 0. The Morgan fingerprint density at radius 2 is 0.222 bits per heavy atom. The average Bonchev–Trinajstić information content (AvgIpc) is 0. The van der Waals surface area contributed by atoms with Gasteiger partial charge in [-0.3, -0.25) is 0 Å². The predicted molar refractivity (Wildman–Crippen MR) is 45.3 cm³/mol. The Labute approximate surface area is 227 Å². The summed E-state index contributed by atoms with van der Waals surface area (Å²) in [5.41, 5.74) is 0. The summed E-state index contributed by atoms with van der Waals surface area (Å²) in [4.78, 5) is 0. The maximum Gasteiger partial charge on any atom is 0 e. The van der Waals surface area contributed by atoms with E-state index in [2.05, 4.69) is 0 Å². The number of rotatable bonds is 0. The van der Waals surface area contributed by atoms with Crippen molar-refractivity contribution in [1.82, 2.24) is 0 Å². The first kappa shape index (κ1) is 69.5. The van der Waals surface area contributed by atoms with Crippen LogP contribution in [0.15, 0.2) is 0 Å². The topological polar surface area (TPSA) is 0 Å². The Bertz CT molecular complexity index is 8.92. The molecule has 0 atom stereocenters. The molecule has 9 heavy (non-hydrogen) atoms. The normalized spacial score (nSPS) is 0. The molecule has 0 aliphatic heterocycles. The summed E-state index contributed by atoms with van der Waals surface area (Å²) in [5, 5.41) is 0. The quantitative estimate of drug-likeness (QED) is 0.217. The summed E-state index contributed by atoms with van der Waals surface area (Å²) in [6, 6.07) is 0. The van der Waals surface area contributed by atoms with Crippen molar-refractivity contribution in [2.24, 2.45) is 0 Å². The molecule has 0 unspecified atom stereocenters. The van der Waals surface area contributed by atoms with Crippen molar-refractivity contribution in [2.45, 2.75) is 0 Å². The SMILES string of the molecule is [GeH4].[GeH4].[GeH4].[GeH4].[Y].[Y].[Y].[Y].[Y]. The van der Waals surface area contributed by atoms with Crippen molar-refractivity contribution < 1.29 is 164 Å². The molecule has 0 N–H and O–H groups in total. The molecule has 0 amide bonds. The largest absolute Gasteiger partial charge is 0 e. The van der Waals surface area contributed by atoms with Crippen LogP contribution in [0.1, 0.15) is 0 Å². The summed E-state index contributed by atoms with van der Waals surface area (Å²) in [6.45, 7) is 0. The number of hydrogen-bond acceptors (Lipinski definition) is 0. The second kappa shape index (κ2) is 57.3. The van der Waals surface area contributed by atoms with Gasteiger partial charge in [0.15, 0.2) is 0 Å². The van der Waals surface area contributed by atoms with E-state index < -0.39 is 0 Å². The average molecular weight is 751 g/mol. The third-order valence-corrected chi connectivity index (χ3v) is 0. The molecule has 0 aromatic carbocycles. The van der Waals surface area contributed by atoms with E-state index in [-0.39, 0.29) is 234 Å². The molecule has 0 heterocycles. The molecule has 0 saturated heterocycles. The fourth-order valence-electron chi connectivity index (χ4n) is 0. The fraction of sp³-hybridized carbons (Fsp3) is 0. The zero-order valence-corrected chi connectivity index (χ0v) is 17.1. The molecular weight excluding hydrogens is 735 g/mol. The van der Waals surface area contributed by atoms with Crippen LogP contribution in [0.4, 0.5) is 0 Å². The van der Waals surface area contributed by atoms with Crippen molar-refractivity contribution in [3.63, 3.8) is 0 Å². The van der Waals surface area contributed by atoms with Gasteiger partial charge in [0.2, 0.25) is 0 Å². The molecule has 0 bridgehead atoms. The van der Waals surface area contributed by atoms with Crippen LogP contribution in [0.5, 0.6) is 0 Å². The van der Waals surface area contributed by atoms with Crippen LogP contribution in [-0.2, 0) is 164 Å². The maximum absolute atomic E-state index is 0. The van der Waals surface area contributed by atoms with Gasteiger partial charge in [-0.05, 0) is 0 Å². The first-order chi connectivity index (χ1) is 0. The van der Waals surface area contributed by atoms with Gasteiger partial charge in [-0.1, -0.05) is 0 Å². The van der Waals surface area contributed by atoms with E-state index >= 15 is 0 Å². The first-order valence-electron chi connectivity index (χ1n) is 0. The van der Waals surface area contributed by atoms with E-state index in [0.29, 0.717) is 0 Å². The molecule has 0 nitrogen and oxygen atoms in total. The van der Waals surface area contributed by atoms with Crippen LogP contribution in [-0.4, -0.2) is 70.4 Å². The predicted octanol–water partition coefficient (Wildman–Crippen LogP) is -5.82. The van der Waals surface area contributed by atoms with Gasteiger partial charge in [0, 0.05) is 164 Å².